The smallest absolute Gasteiger partial charge is 0.238 e. The lowest BCUT2D eigenvalue weighted by atomic mass is 10.1. The van der Waals surface area contributed by atoms with E-state index in [4.69, 9.17) is 0 Å². The molecule has 2 heterocycles. The van der Waals surface area contributed by atoms with Gasteiger partial charge in [0.1, 0.15) is 11.2 Å². The Hall–Kier alpha value is -1.78. The number of benzene rings is 2. The van der Waals surface area contributed by atoms with Gasteiger partial charge in [-0.15, -0.1) is 0 Å². The number of hydrogen-bond acceptors (Lipinski definition) is 3. The Morgan fingerprint density at radius 2 is 1.72 bits per heavy atom. The Kier molecular flexibility index (Phi) is 6.94. The molecule has 4 rings (SSSR count). The van der Waals surface area contributed by atoms with Crippen molar-refractivity contribution in [2.24, 2.45) is 0 Å². The number of aromatic nitrogens is 1. The molecular weight excluding hydrogens is 392 g/mol. The number of aryl methyl sites for hydroxylation is 2. The van der Waals surface area contributed by atoms with Crippen LogP contribution in [0, 0.1) is 0 Å². The molecule has 2 nitrogen and oxygen atoms in total. The third kappa shape index (κ3) is 4.54. The van der Waals surface area contributed by atoms with E-state index in [1.54, 1.807) is 0 Å². The highest BCUT2D eigenvalue weighted by atomic mass is 32.2. The first-order valence-corrected chi connectivity index (χ1v) is 12.6. The van der Waals surface area contributed by atoms with E-state index in [0.717, 1.165) is 13.1 Å². The van der Waals surface area contributed by atoms with E-state index in [1.807, 2.05) is 23.1 Å². The quantitative estimate of drug-likeness (QED) is 0.266. The van der Waals surface area contributed by atoms with Crippen molar-refractivity contribution >= 4 is 39.0 Å². The van der Waals surface area contributed by atoms with Crippen LogP contribution in [0.4, 0.5) is 5.69 Å². The van der Waals surface area contributed by atoms with Crippen LogP contribution in [0.15, 0.2) is 64.5 Å². The van der Waals surface area contributed by atoms with Gasteiger partial charge in [-0.3, -0.25) is 0 Å². The van der Waals surface area contributed by atoms with Gasteiger partial charge >= 0.3 is 0 Å². The van der Waals surface area contributed by atoms with Crippen LogP contribution in [0.1, 0.15) is 51.0 Å². The molecule has 0 bridgehead atoms. The molecule has 0 N–H and O–H groups in total. The van der Waals surface area contributed by atoms with Crippen LogP contribution < -0.4 is 9.47 Å². The minimum Gasteiger partial charge on any atom is -0.336 e. The predicted octanol–water partition coefficient (Wildman–Crippen LogP) is 7.18. The Bertz CT molecular complexity index is 989. The van der Waals surface area contributed by atoms with Crippen LogP contribution in [0.3, 0.4) is 0 Å². The monoisotopic (exact) mass is 423 g/mol. The Morgan fingerprint density at radius 1 is 0.931 bits per heavy atom. The SMILES string of the molecule is CCN1/C(=C/CCCCCCc2sc3ccccc3[n+]2CC)Sc2ccccc21. The van der Waals surface area contributed by atoms with Crippen LogP contribution in [0.2, 0.25) is 0 Å². The largest absolute Gasteiger partial charge is 0.336 e. The standard InChI is InChI=1S/C25H31N2S2/c1-3-26-20-14-10-12-16-22(20)28-24(26)18-8-6-5-7-9-19-25-27(4-2)21-15-11-13-17-23(21)29-25/h10-18H,3-9,19H2,1-2H3/q+1/b24-18-. The average Bonchev–Trinajstić information content (AvgIpc) is 3.29. The van der Waals surface area contributed by atoms with Gasteiger partial charge in [0.25, 0.3) is 0 Å². The lowest BCUT2D eigenvalue weighted by molar-refractivity contribution is -0.670. The zero-order valence-electron chi connectivity index (χ0n) is 17.6. The van der Waals surface area contributed by atoms with Gasteiger partial charge in [-0.2, -0.15) is 4.57 Å². The van der Waals surface area contributed by atoms with Crippen molar-refractivity contribution in [1.82, 2.24) is 0 Å². The van der Waals surface area contributed by atoms with E-state index < -0.39 is 0 Å². The first kappa shape index (κ1) is 20.5. The van der Waals surface area contributed by atoms with Crippen LogP contribution >= 0.6 is 23.1 Å². The highest BCUT2D eigenvalue weighted by molar-refractivity contribution is 8.03. The molecule has 0 spiro atoms. The third-order valence-electron chi connectivity index (χ3n) is 5.62. The minimum absolute atomic E-state index is 1.04. The molecular formula is C25H31N2S2+. The number of nitrogens with zero attached hydrogens (tertiary/aromatic N) is 2. The van der Waals surface area contributed by atoms with E-state index in [9.17, 15) is 0 Å². The fourth-order valence-corrected chi connectivity index (χ4v) is 6.61. The number of rotatable bonds is 9. The van der Waals surface area contributed by atoms with Crippen molar-refractivity contribution in [3.05, 3.63) is 64.6 Å². The summed E-state index contributed by atoms with van der Waals surface area (Å²) in [5, 5.41) is 2.96. The fourth-order valence-electron chi connectivity index (χ4n) is 4.15. The van der Waals surface area contributed by atoms with E-state index in [-0.39, 0.29) is 0 Å². The zero-order chi connectivity index (χ0) is 20.1. The molecule has 0 atom stereocenters. The van der Waals surface area contributed by atoms with Gasteiger partial charge < -0.3 is 4.90 Å². The van der Waals surface area contributed by atoms with Gasteiger partial charge in [0.2, 0.25) is 10.5 Å². The number of hydrogen-bond donors (Lipinski definition) is 0. The van der Waals surface area contributed by atoms with E-state index in [0.29, 0.717) is 0 Å². The Morgan fingerprint density at radius 3 is 2.59 bits per heavy atom. The second kappa shape index (κ2) is 9.82. The lowest BCUT2D eigenvalue weighted by Crippen LogP contribution is -2.34. The van der Waals surface area contributed by atoms with Crippen molar-refractivity contribution in [1.29, 1.82) is 0 Å². The summed E-state index contributed by atoms with van der Waals surface area (Å²) in [5.41, 5.74) is 2.77. The number of anilines is 1. The molecule has 2 aromatic carbocycles. The minimum atomic E-state index is 1.04. The maximum Gasteiger partial charge on any atom is 0.238 e. The maximum atomic E-state index is 2.50. The molecule has 0 radical (unpaired) electrons. The highest BCUT2D eigenvalue weighted by Gasteiger charge is 2.22. The predicted molar refractivity (Wildman–Crippen MR) is 128 cm³/mol. The number of fused-ring (bicyclic) bond motifs is 2. The number of para-hydroxylation sites is 2. The highest BCUT2D eigenvalue weighted by Crippen LogP contribution is 2.45. The normalized spacial score (nSPS) is 14.8. The number of thiazole rings is 1. The summed E-state index contributed by atoms with van der Waals surface area (Å²) in [5.74, 6) is 0. The Balaban J connectivity index is 1.23. The first-order valence-electron chi connectivity index (χ1n) is 11.0. The number of unbranched alkanes of at least 4 members (excludes halogenated alkanes) is 4. The summed E-state index contributed by atoms with van der Waals surface area (Å²) in [7, 11) is 0. The van der Waals surface area contributed by atoms with Crippen molar-refractivity contribution in [3.8, 4) is 0 Å². The molecule has 0 aliphatic carbocycles. The molecule has 0 fully saturated rings. The average molecular weight is 424 g/mol. The molecule has 1 aliphatic heterocycles. The summed E-state index contributed by atoms with van der Waals surface area (Å²) < 4.78 is 3.92. The van der Waals surface area contributed by atoms with Crippen molar-refractivity contribution in [3.63, 3.8) is 0 Å². The first-order chi connectivity index (χ1) is 14.3. The van der Waals surface area contributed by atoms with Crippen LogP contribution in [-0.4, -0.2) is 6.54 Å². The lowest BCUT2D eigenvalue weighted by Gasteiger charge is -2.17. The molecule has 4 heteroatoms. The Labute approximate surface area is 183 Å². The summed E-state index contributed by atoms with van der Waals surface area (Å²) >= 11 is 3.90. The van der Waals surface area contributed by atoms with Crippen molar-refractivity contribution in [2.75, 3.05) is 11.4 Å². The fraction of sp³-hybridized carbons (Fsp3) is 0.400. The molecule has 0 amide bonds. The number of thioether (sulfide) groups is 1. The van der Waals surface area contributed by atoms with E-state index in [1.165, 1.54) is 69.4 Å². The second-order valence-electron chi connectivity index (χ2n) is 7.52. The van der Waals surface area contributed by atoms with Gasteiger partial charge in [0, 0.05) is 23.9 Å². The zero-order valence-corrected chi connectivity index (χ0v) is 19.2. The molecule has 152 valence electrons. The summed E-state index contributed by atoms with van der Waals surface area (Å²) in [6.07, 6.45) is 10.1. The summed E-state index contributed by atoms with van der Waals surface area (Å²) in [6, 6.07) is 17.6. The molecule has 0 unspecified atom stereocenters. The molecule has 1 aromatic heterocycles. The van der Waals surface area contributed by atoms with Gasteiger partial charge in [0.15, 0.2) is 0 Å². The molecule has 3 aromatic rings. The van der Waals surface area contributed by atoms with E-state index >= 15 is 0 Å². The van der Waals surface area contributed by atoms with Crippen molar-refractivity contribution in [2.45, 2.75) is 63.8 Å². The van der Waals surface area contributed by atoms with E-state index in [2.05, 4.69) is 77.9 Å². The summed E-state index contributed by atoms with van der Waals surface area (Å²) in [6.45, 7) is 6.62. The second-order valence-corrected chi connectivity index (χ2v) is 9.69. The van der Waals surface area contributed by atoms with Crippen LogP contribution in [-0.2, 0) is 13.0 Å². The van der Waals surface area contributed by atoms with Crippen LogP contribution in [0.5, 0.6) is 0 Å². The van der Waals surface area contributed by atoms with Gasteiger partial charge in [-0.05, 0) is 51.3 Å². The topological polar surface area (TPSA) is 7.12 Å². The molecule has 0 saturated heterocycles. The van der Waals surface area contributed by atoms with Gasteiger partial charge in [0.05, 0.1) is 10.7 Å². The summed E-state index contributed by atoms with van der Waals surface area (Å²) in [4.78, 5) is 3.85. The maximum absolute atomic E-state index is 2.50. The van der Waals surface area contributed by atoms with Gasteiger partial charge in [-0.25, -0.2) is 0 Å². The van der Waals surface area contributed by atoms with Crippen molar-refractivity contribution < 1.29 is 4.57 Å². The molecule has 1 aliphatic rings. The third-order valence-corrected chi connectivity index (χ3v) is 8.00. The number of allylic oxidation sites excluding steroid dienone is 1. The van der Waals surface area contributed by atoms with Crippen LogP contribution in [0.25, 0.3) is 10.2 Å². The molecule has 0 saturated carbocycles. The molecule has 29 heavy (non-hydrogen) atoms. The van der Waals surface area contributed by atoms with Gasteiger partial charge in [-0.1, -0.05) is 66.3 Å².